The third-order valence-electron chi connectivity index (χ3n) is 3.27. The van der Waals surface area contributed by atoms with Crippen molar-refractivity contribution in [3.05, 3.63) is 17.0 Å². The molecule has 11 heteroatoms. The Labute approximate surface area is 139 Å². The summed E-state index contributed by atoms with van der Waals surface area (Å²) < 4.78 is 57.0. The third kappa shape index (κ3) is 5.00. The molecule has 2 atom stereocenters. The molecule has 1 aromatic rings. The lowest BCUT2D eigenvalue weighted by molar-refractivity contribution is -0.144. The van der Waals surface area contributed by atoms with E-state index in [0.717, 1.165) is 0 Å². The molecule has 1 aliphatic heterocycles. The van der Waals surface area contributed by atoms with E-state index in [1.807, 2.05) is 0 Å². The van der Waals surface area contributed by atoms with E-state index >= 15 is 0 Å². The molecule has 1 aromatic heterocycles. The summed E-state index contributed by atoms with van der Waals surface area (Å²) in [6, 6.07) is 1.26. The number of halogens is 4. The van der Waals surface area contributed by atoms with Gasteiger partial charge in [-0.2, -0.15) is 13.2 Å². The van der Waals surface area contributed by atoms with E-state index in [4.69, 9.17) is 16.3 Å². The Hall–Kier alpha value is -0.970. The van der Waals surface area contributed by atoms with Crippen LogP contribution in [0, 0.1) is 0 Å². The number of rotatable bonds is 4. The smallest absolute Gasteiger partial charge is 0.374 e. The van der Waals surface area contributed by atoms with Crippen molar-refractivity contribution >= 4 is 28.4 Å². The molecule has 130 valence electrons. The third-order valence-corrected chi connectivity index (χ3v) is 4.52. The van der Waals surface area contributed by atoms with E-state index in [0.29, 0.717) is 26.2 Å². The molecule has 1 aliphatic rings. The van der Waals surface area contributed by atoms with Crippen molar-refractivity contribution in [2.24, 2.45) is 0 Å². The predicted octanol–water partition coefficient (Wildman–Crippen LogP) is 1.58. The van der Waals surface area contributed by atoms with Crippen LogP contribution < -0.4 is 4.90 Å². The van der Waals surface area contributed by atoms with Crippen LogP contribution in [0.15, 0.2) is 6.07 Å². The van der Waals surface area contributed by atoms with Crippen LogP contribution in [0.4, 0.5) is 19.0 Å². The first-order valence-electron chi connectivity index (χ1n) is 6.70. The highest BCUT2D eigenvalue weighted by molar-refractivity contribution is 7.81. The fraction of sp³-hybridized carbons (Fsp3) is 0.667. The molecule has 0 saturated carbocycles. The SMILES string of the molecule is CN(CC1CN(S(C)=O)CCO1)c1cc(Cl)nc(C(F)(F)F)n1. The van der Waals surface area contributed by atoms with Gasteiger partial charge in [0, 0.05) is 39.0 Å². The Morgan fingerprint density at radius 3 is 2.83 bits per heavy atom. The fourth-order valence-corrected chi connectivity index (χ4v) is 3.05. The number of nitrogens with zero attached hydrogens (tertiary/aromatic N) is 4. The molecule has 0 spiro atoms. The number of aromatic nitrogens is 2. The van der Waals surface area contributed by atoms with Gasteiger partial charge < -0.3 is 9.64 Å². The van der Waals surface area contributed by atoms with Crippen molar-refractivity contribution in [2.45, 2.75) is 12.3 Å². The summed E-state index contributed by atoms with van der Waals surface area (Å²) in [5, 5.41) is -0.282. The van der Waals surface area contributed by atoms with Crippen LogP contribution in [-0.2, 0) is 21.9 Å². The molecule has 0 N–H and O–H groups in total. The number of likely N-dealkylation sites (N-methyl/N-ethyl adjacent to an activating group) is 1. The number of ether oxygens (including phenoxy) is 1. The Morgan fingerprint density at radius 2 is 2.22 bits per heavy atom. The van der Waals surface area contributed by atoms with E-state index in [1.54, 1.807) is 17.6 Å². The summed E-state index contributed by atoms with van der Waals surface area (Å²) in [6.45, 7) is 1.69. The van der Waals surface area contributed by atoms with Gasteiger partial charge in [0.25, 0.3) is 0 Å². The summed E-state index contributed by atoms with van der Waals surface area (Å²) in [4.78, 5) is 8.20. The zero-order valence-electron chi connectivity index (χ0n) is 12.5. The van der Waals surface area contributed by atoms with Gasteiger partial charge in [-0.1, -0.05) is 11.6 Å². The average molecular weight is 373 g/mol. The summed E-state index contributed by atoms with van der Waals surface area (Å²) in [5.41, 5.74) is 0. The fourth-order valence-electron chi connectivity index (χ4n) is 2.16. The van der Waals surface area contributed by atoms with Crippen LogP contribution in [0.25, 0.3) is 0 Å². The highest BCUT2D eigenvalue weighted by Crippen LogP contribution is 2.29. The Balaban J connectivity index is 2.10. The molecule has 0 aliphatic carbocycles. The minimum atomic E-state index is -4.67. The lowest BCUT2D eigenvalue weighted by Gasteiger charge is -2.33. The van der Waals surface area contributed by atoms with Gasteiger partial charge in [0.15, 0.2) is 0 Å². The van der Waals surface area contributed by atoms with Crippen LogP contribution in [0.1, 0.15) is 5.82 Å². The van der Waals surface area contributed by atoms with Crippen LogP contribution in [0.3, 0.4) is 0 Å². The second-order valence-corrected chi connectivity index (χ2v) is 6.81. The van der Waals surface area contributed by atoms with Crippen molar-refractivity contribution in [1.82, 2.24) is 14.3 Å². The minimum absolute atomic E-state index is 0.0515. The number of hydrogen-bond donors (Lipinski definition) is 0. The largest absolute Gasteiger partial charge is 0.451 e. The average Bonchev–Trinajstić information content (AvgIpc) is 2.46. The molecule has 0 radical (unpaired) electrons. The standard InChI is InChI=1S/C12H16ClF3N4O2S/c1-19(6-8-7-20(23(2)21)3-4-22-8)10-5-9(13)17-11(18-10)12(14,15)16/h5,8H,3-4,6-7H2,1-2H3. The maximum absolute atomic E-state index is 12.7. The minimum Gasteiger partial charge on any atom is -0.374 e. The molecule has 2 heterocycles. The van der Waals surface area contributed by atoms with Gasteiger partial charge >= 0.3 is 6.18 Å². The molecule has 2 unspecified atom stereocenters. The molecule has 0 aromatic carbocycles. The number of anilines is 1. The first-order chi connectivity index (χ1) is 10.7. The van der Waals surface area contributed by atoms with Crippen molar-refractivity contribution in [3.8, 4) is 0 Å². The molecule has 0 amide bonds. The van der Waals surface area contributed by atoms with Gasteiger partial charge in [0.2, 0.25) is 5.82 Å². The Kier molecular flexibility index (Phi) is 5.82. The van der Waals surface area contributed by atoms with Crippen LogP contribution in [-0.4, -0.2) is 64.1 Å². The molecule has 0 bridgehead atoms. The normalized spacial score (nSPS) is 21.2. The lowest BCUT2D eigenvalue weighted by Crippen LogP contribution is -2.47. The highest BCUT2D eigenvalue weighted by Gasteiger charge is 2.36. The van der Waals surface area contributed by atoms with Crippen molar-refractivity contribution in [2.75, 3.05) is 44.4 Å². The Bertz CT molecular complexity index is 590. The van der Waals surface area contributed by atoms with Crippen molar-refractivity contribution in [3.63, 3.8) is 0 Å². The second-order valence-electron chi connectivity index (χ2n) is 5.06. The zero-order chi connectivity index (χ0) is 17.2. The molecule has 2 rings (SSSR count). The van der Waals surface area contributed by atoms with Gasteiger partial charge in [-0.3, -0.25) is 0 Å². The predicted molar refractivity (Wildman–Crippen MR) is 80.7 cm³/mol. The van der Waals surface area contributed by atoms with Crippen LogP contribution >= 0.6 is 11.6 Å². The summed E-state index contributed by atoms with van der Waals surface area (Å²) in [7, 11) is 0.476. The van der Waals surface area contributed by atoms with E-state index < -0.39 is 23.0 Å². The first kappa shape index (κ1) is 18.4. The first-order valence-corrected chi connectivity index (χ1v) is 8.59. The van der Waals surface area contributed by atoms with Gasteiger partial charge in [-0.15, -0.1) is 0 Å². The summed E-state index contributed by atoms with van der Waals surface area (Å²) in [5.74, 6) is -1.23. The maximum Gasteiger partial charge on any atom is 0.451 e. The molecule has 23 heavy (non-hydrogen) atoms. The number of hydrogen-bond acceptors (Lipinski definition) is 5. The number of morpholine rings is 1. The molecule has 6 nitrogen and oxygen atoms in total. The topological polar surface area (TPSA) is 58.6 Å². The second kappa shape index (κ2) is 7.29. The van der Waals surface area contributed by atoms with Crippen molar-refractivity contribution in [1.29, 1.82) is 0 Å². The lowest BCUT2D eigenvalue weighted by atomic mass is 10.3. The monoisotopic (exact) mass is 372 g/mol. The maximum atomic E-state index is 12.7. The Morgan fingerprint density at radius 1 is 1.52 bits per heavy atom. The quantitative estimate of drug-likeness (QED) is 0.751. The molecular weight excluding hydrogens is 357 g/mol. The van der Waals surface area contributed by atoms with Gasteiger partial charge in [0.05, 0.1) is 23.7 Å². The van der Waals surface area contributed by atoms with Gasteiger partial charge in [-0.05, 0) is 0 Å². The molecular formula is C12H16ClF3N4O2S. The van der Waals surface area contributed by atoms with E-state index in [-0.39, 0.29) is 17.1 Å². The van der Waals surface area contributed by atoms with Crippen LogP contribution in [0.2, 0.25) is 5.15 Å². The van der Waals surface area contributed by atoms with Crippen LogP contribution in [0.5, 0.6) is 0 Å². The van der Waals surface area contributed by atoms with E-state index in [1.165, 1.54) is 11.0 Å². The molecule has 1 saturated heterocycles. The van der Waals surface area contributed by atoms with E-state index in [2.05, 4.69) is 9.97 Å². The van der Waals surface area contributed by atoms with Gasteiger partial charge in [-0.25, -0.2) is 18.5 Å². The van der Waals surface area contributed by atoms with Gasteiger partial charge in [0.1, 0.15) is 11.0 Å². The summed E-state index contributed by atoms with van der Waals surface area (Å²) in [6.07, 6.45) is -3.38. The zero-order valence-corrected chi connectivity index (χ0v) is 14.1. The van der Waals surface area contributed by atoms with Crippen molar-refractivity contribution < 1.29 is 22.1 Å². The van der Waals surface area contributed by atoms with E-state index in [9.17, 15) is 17.4 Å². The highest BCUT2D eigenvalue weighted by atomic mass is 35.5. The number of alkyl halides is 3. The summed E-state index contributed by atoms with van der Waals surface area (Å²) >= 11 is 5.65. The molecule has 1 fully saturated rings.